The van der Waals surface area contributed by atoms with Crippen LogP contribution >= 0.6 is 0 Å². The third-order valence-electron chi connectivity index (χ3n) is 7.83. The minimum atomic E-state index is -0.249. The van der Waals surface area contributed by atoms with Gasteiger partial charge in [-0.15, -0.1) is 0 Å². The number of nitrogens with one attached hydrogen (secondary N) is 2. The van der Waals surface area contributed by atoms with Gasteiger partial charge < -0.3 is 24.3 Å². The lowest BCUT2D eigenvalue weighted by Gasteiger charge is -2.17. The molecule has 0 saturated carbocycles. The summed E-state index contributed by atoms with van der Waals surface area (Å²) in [6.45, 7) is 1.50. The zero-order valence-electron chi connectivity index (χ0n) is 20.2. The molecule has 2 aromatic heterocycles. The molecule has 182 valence electrons. The smallest absolute Gasteiger partial charge is 0.254 e. The Labute approximate surface area is 213 Å². The van der Waals surface area contributed by atoms with E-state index in [0.717, 1.165) is 58.3 Å². The first kappa shape index (κ1) is 20.9. The molecular weight excluding hydrogens is 462 g/mol. The van der Waals surface area contributed by atoms with Crippen LogP contribution in [0.25, 0.3) is 33.0 Å². The summed E-state index contributed by atoms with van der Waals surface area (Å²) < 4.78 is 14.3. The first-order valence-corrected chi connectivity index (χ1v) is 12.8. The molecule has 2 unspecified atom stereocenters. The third kappa shape index (κ3) is 3.26. The van der Waals surface area contributed by atoms with Crippen LogP contribution in [0.2, 0.25) is 0 Å². The number of para-hydroxylation sites is 1. The highest BCUT2D eigenvalue weighted by atomic mass is 16.6. The molecule has 3 aromatic carbocycles. The van der Waals surface area contributed by atoms with Gasteiger partial charge in [-0.1, -0.05) is 48.5 Å². The standard InChI is InChI=1S/C31H25N3O3/c35-30-27(23-15-32-25-14-20(11-12-21(23)25)36-17-18-6-2-1-3-7-18)26(29-31(33-30)37-29)24-16-34-13-5-9-19-8-4-10-22(24)28(19)34/h1-4,6-8,10-12,14-16,29,31-32H,5,9,13,17H2,(H,33,35). The molecular formula is C31H25N3O3. The third-order valence-corrected chi connectivity index (χ3v) is 7.83. The summed E-state index contributed by atoms with van der Waals surface area (Å²) in [5.74, 6) is 0.692. The lowest BCUT2D eigenvalue weighted by atomic mass is 9.88. The number of ether oxygens (including phenoxy) is 2. The summed E-state index contributed by atoms with van der Waals surface area (Å²) in [5.41, 5.74) is 8.38. The van der Waals surface area contributed by atoms with E-state index in [1.54, 1.807) is 0 Å². The van der Waals surface area contributed by atoms with Crippen molar-refractivity contribution in [3.8, 4) is 5.75 Å². The molecule has 5 aromatic rings. The van der Waals surface area contributed by atoms with Gasteiger partial charge in [-0.05, 0) is 36.1 Å². The van der Waals surface area contributed by atoms with Gasteiger partial charge in [0.05, 0.1) is 11.1 Å². The topological polar surface area (TPSA) is 71.6 Å². The van der Waals surface area contributed by atoms with Crippen molar-refractivity contribution < 1.29 is 14.3 Å². The highest BCUT2D eigenvalue weighted by Crippen LogP contribution is 2.47. The Morgan fingerprint density at radius 2 is 1.92 bits per heavy atom. The number of nitrogens with zero attached hydrogens (tertiary/aromatic N) is 1. The fourth-order valence-corrected chi connectivity index (χ4v) is 6.08. The normalized spacial score (nSPS) is 20.3. The fourth-order valence-electron chi connectivity index (χ4n) is 6.08. The van der Waals surface area contributed by atoms with Crippen molar-refractivity contribution in [3.05, 3.63) is 101 Å². The Balaban J connectivity index is 1.25. The average Bonchev–Trinajstić information content (AvgIpc) is 3.42. The van der Waals surface area contributed by atoms with Gasteiger partial charge in [0.25, 0.3) is 5.91 Å². The minimum absolute atomic E-state index is 0.0917. The van der Waals surface area contributed by atoms with E-state index >= 15 is 0 Å². The van der Waals surface area contributed by atoms with Crippen LogP contribution < -0.4 is 10.1 Å². The van der Waals surface area contributed by atoms with Crippen LogP contribution in [-0.2, 0) is 29.1 Å². The number of hydrogen-bond acceptors (Lipinski definition) is 3. The Bertz CT molecular complexity index is 1740. The Hall–Kier alpha value is -4.29. The maximum Gasteiger partial charge on any atom is 0.254 e. The number of carbonyl (C=O) groups excluding carboxylic acids is 1. The second-order valence-corrected chi connectivity index (χ2v) is 10.1. The number of aromatic amines is 1. The Morgan fingerprint density at radius 3 is 2.84 bits per heavy atom. The molecule has 3 aliphatic rings. The van der Waals surface area contributed by atoms with E-state index in [2.05, 4.69) is 51.4 Å². The van der Waals surface area contributed by atoms with E-state index in [9.17, 15) is 4.79 Å². The molecule has 8 rings (SSSR count). The summed E-state index contributed by atoms with van der Waals surface area (Å²) in [6.07, 6.45) is 6.01. The van der Waals surface area contributed by atoms with Crippen LogP contribution in [-0.4, -0.2) is 27.8 Å². The number of carbonyl (C=O) groups is 1. The molecule has 2 atom stereocenters. The summed E-state index contributed by atoms with van der Waals surface area (Å²) in [6, 6.07) is 22.7. The molecule has 1 amide bonds. The van der Waals surface area contributed by atoms with Gasteiger partial charge in [-0.2, -0.15) is 0 Å². The SMILES string of the molecule is O=C1NC2OC2C(c2cn3c4c(cccc24)CCC3)=C1c1c[nH]c2cc(OCc3ccccc3)ccc12. The number of aromatic nitrogens is 2. The second kappa shape index (κ2) is 7.85. The Kier molecular flexibility index (Phi) is 4.43. The van der Waals surface area contributed by atoms with Gasteiger partial charge in [0.15, 0.2) is 6.23 Å². The first-order chi connectivity index (χ1) is 18.2. The van der Waals surface area contributed by atoms with Gasteiger partial charge in [-0.3, -0.25) is 4.79 Å². The summed E-state index contributed by atoms with van der Waals surface area (Å²) in [7, 11) is 0. The molecule has 1 fully saturated rings. The molecule has 0 bridgehead atoms. The Morgan fingerprint density at radius 1 is 1.00 bits per heavy atom. The number of H-pyrrole nitrogens is 1. The van der Waals surface area contributed by atoms with Crippen LogP contribution in [0.4, 0.5) is 0 Å². The van der Waals surface area contributed by atoms with Crippen LogP contribution in [0.3, 0.4) is 0 Å². The van der Waals surface area contributed by atoms with Crippen molar-refractivity contribution in [2.24, 2.45) is 0 Å². The quantitative estimate of drug-likeness (QED) is 0.326. The van der Waals surface area contributed by atoms with E-state index < -0.39 is 0 Å². The molecule has 6 heteroatoms. The zero-order chi connectivity index (χ0) is 24.5. The molecule has 1 saturated heterocycles. The molecule has 5 heterocycles. The molecule has 6 nitrogen and oxygen atoms in total. The van der Waals surface area contributed by atoms with Crippen molar-refractivity contribution in [2.45, 2.75) is 38.3 Å². The summed E-state index contributed by atoms with van der Waals surface area (Å²) in [5, 5.41) is 5.22. The fraction of sp³-hybridized carbons (Fsp3) is 0.194. The summed E-state index contributed by atoms with van der Waals surface area (Å²) >= 11 is 0. The number of fused-ring (bicyclic) bond motifs is 2. The number of rotatable bonds is 5. The number of aryl methyl sites for hydroxylation is 2. The second-order valence-electron chi connectivity index (χ2n) is 10.1. The van der Waals surface area contributed by atoms with E-state index in [-0.39, 0.29) is 18.2 Å². The number of epoxide rings is 1. The lowest BCUT2D eigenvalue weighted by Crippen LogP contribution is -2.33. The van der Waals surface area contributed by atoms with Gasteiger partial charge in [0.1, 0.15) is 18.5 Å². The van der Waals surface area contributed by atoms with Gasteiger partial charge in [0.2, 0.25) is 0 Å². The maximum absolute atomic E-state index is 13.5. The molecule has 0 radical (unpaired) electrons. The zero-order valence-corrected chi connectivity index (χ0v) is 20.2. The van der Waals surface area contributed by atoms with E-state index in [1.807, 2.05) is 42.6 Å². The van der Waals surface area contributed by atoms with Crippen LogP contribution in [0.1, 0.15) is 28.7 Å². The van der Waals surface area contributed by atoms with Gasteiger partial charge in [-0.25, -0.2) is 0 Å². The van der Waals surface area contributed by atoms with E-state index in [1.165, 1.54) is 16.5 Å². The average molecular weight is 488 g/mol. The molecule has 0 aliphatic carbocycles. The van der Waals surface area contributed by atoms with Crippen LogP contribution in [0.15, 0.2) is 79.1 Å². The van der Waals surface area contributed by atoms with Gasteiger partial charge >= 0.3 is 0 Å². The molecule has 2 N–H and O–H groups in total. The number of amides is 1. The predicted octanol–water partition coefficient (Wildman–Crippen LogP) is 5.41. The van der Waals surface area contributed by atoms with E-state index in [4.69, 9.17) is 9.47 Å². The van der Waals surface area contributed by atoms with Crippen molar-refractivity contribution in [3.63, 3.8) is 0 Å². The van der Waals surface area contributed by atoms with Crippen molar-refractivity contribution in [1.29, 1.82) is 0 Å². The molecule has 3 aliphatic heterocycles. The maximum atomic E-state index is 13.5. The van der Waals surface area contributed by atoms with Crippen molar-refractivity contribution >= 4 is 38.9 Å². The number of benzene rings is 3. The summed E-state index contributed by atoms with van der Waals surface area (Å²) in [4.78, 5) is 16.9. The van der Waals surface area contributed by atoms with Crippen molar-refractivity contribution in [1.82, 2.24) is 14.9 Å². The van der Waals surface area contributed by atoms with E-state index in [0.29, 0.717) is 12.2 Å². The minimum Gasteiger partial charge on any atom is -0.489 e. The highest BCUT2D eigenvalue weighted by molar-refractivity contribution is 6.32. The largest absolute Gasteiger partial charge is 0.489 e. The monoisotopic (exact) mass is 487 g/mol. The first-order valence-electron chi connectivity index (χ1n) is 12.8. The predicted molar refractivity (Wildman–Crippen MR) is 143 cm³/mol. The van der Waals surface area contributed by atoms with Crippen molar-refractivity contribution in [2.75, 3.05) is 0 Å². The van der Waals surface area contributed by atoms with Gasteiger partial charge in [0, 0.05) is 58.0 Å². The lowest BCUT2D eigenvalue weighted by molar-refractivity contribution is -0.116. The number of hydrogen-bond donors (Lipinski definition) is 2. The highest BCUT2D eigenvalue weighted by Gasteiger charge is 2.50. The van der Waals surface area contributed by atoms with Crippen LogP contribution in [0, 0.1) is 0 Å². The molecule has 37 heavy (non-hydrogen) atoms. The van der Waals surface area contributed by atoms with Crippen LogP contribution in [0.5, 0.6) is 5.75 Å². The molecule has 0 spiro atoms.